The van der Waals surface area contributed by atoms with E-state index in [1.807, 2.05) is 6.07 Å². The van der Waals surface area contributed by atoms with Gasteiger partial charge < -0.3 is 9.73 Å². The van der Waals surface area contributed by atoms with Gasteiger partial charge >= 0.3 is 0 Å². The number of nitrogens with one attached hydrogen (secondary N) is 1. The van der Waals surface area contributed by atoms with Gasteiger partial charge in [0, 0.05) is 21.8 Å². The van der Waals surface area contributed by atoms with Crippen molar-refractivity contribution in [2.24, 2.45) is 0 Å². The molecular weight excluding hydrogens is 447 g/mol. The van der Waals surface area contributed by atoms with Crippen molar-refractivity contribution in [1.82, 2.24) is 14.7 Å². The second-order valence-electron chi connectivity index (χ2n) is 7.28. The number of hydrogen-bond acceptors (Lipinski definition) is 4. The quantitative estimate of drug-likeness (QED) is 0.503. The van der Waals surface area contributed by atoms with Crippen LogP contribution in [0.2, 0.25) is 15.1 Å². The molecule has 0 unspecified atom stereocenters. The smallest absolute Gasteiger partial charge is 0.292 e. The molecule has 30 heavy (non-hydrogen) atoms. The van der Waals surface area contributed by atoms with Gasteiger partial charge in [-0.1, -0.05) is 47.3 Å². The lowest BCUT2D eigenvalue weighted by Crippen LogP contribution is -2.28. The molecule has 9 heteroatoms. The van der Waals surface area contributed by atoms with E-state index in [9.17, 15) is 4.79 Å². The Kier molecular flexibility index (Phi) is 6.68. The first-order valence-electron chi connectivity index (χ1n) is 9.78. The number of nitrogens with zero attached hydrogens (tertiary/aromatic N) is 3. The number of carbonyl (C=O) groups is 1. The molecule has 2 aromatic heterocycles. The van der Waals surface area contributed by atoms with Crippen LogP contribution in [0.5, 0.6) is 0 Å². The minimum absolute atomic E-state index is 0.224. The van der Waals surface area contributed by atoms with Crippen LogP contribution in [0, 0.1) is 0 Å². The van der Waals surface area contributed by atoms with Crippen LogP contribution in [0.25, 0.3) is 0 Å². The van der Waals surface area contributed by atoms with Crippen molar-refractivity contribution < 1.29 is 9.21 Å². The molecule has 1 N–H and O–H groups in total. The third-order valence-corrected chi connectivity index (χ3v) is 6.03. The number of anilines is 1. The summed E-state index contributed by atoms with van der Waals surface area (Å²) in [6, 6.07) is 8.80. The van der Waals surface area contributed by atoms with Gasteiger partial charge in [0.1, 0.15) is 10.8 Å². The van der Waals surface area contributed by atoms with E-state index >= 15 is 0 Å². The normalized spacial score (nSPS) is 14.8. The van der Waals surface area contributed by atoms with E-state index in [1.54, 1.807) is 35.1 Å². The third-order valence-electron chi connectivity index (χ3n) is 5.04. The van der Waals surface area contributed by atoms with E-state index < -0.39 is 5.91 Å². The van der Waals surface area contributed by atoms with Crippen molar-refractivity contribution >= 4 is 46.5 Å². The van der Waals surface area contributed by atoms with E-state index in [2.05, 4.69) is 15.3 Å². The fraction of sp³-hybridized carbons (Fsp3) is 0.333. The number of aromatic nitrogens is 2. The van der Waals surface area contributed by atoms with Gasteiger partial charge in [-0.3, -0.25) is 14.4 Å². The zero-order valence-electron chi connectivity index (χ0n) is 16.2. The molecule has 0 bridgehead atoms. The Morgan fingerprint density at radius 3 is 2.47 bits per heavy atom. The topological polar surface area (TPSA) is 63.3 Å². The number of likely N-dealkylation sites (tertiary alicyclic amines) is 1. The minimum atomic E-state index is -0.400. The van der Waals surface area contributed by atoms with Gasteiger partial charge in [0.2, 0.25) is 0 Å². The molecule has 1 aromatic carbocycles. The van der Waals surface area contributed by atoms with Crippen molar-refractivity contribution in [1.29, 1.82) is 0 Å². The van der Waals surface area contributed by atoms with Gasteiger partial charge in [0.25, 0.3) is 5.91 Å². The summed E-state index contributed by atoms with van der Waals surface area (Å²) < 4.78 is 7.31. The Balaban J connectivity index is 1.41. The predicted molar refractivity (Wildman–Crippen MR) is 119 cm³/mol. The fourth-order valence-corrected chi connectivity index (χ4v) is 4.21. The summed E-state index contributed by atoms with van der Waals surface area (Å²) in [5.74, 6) is 0.843. The summed E-state index contributed by atoms with van der Waals surface area (Å²) >= 11 is 18.7. The van der Waals surface area contributed by atoms with Crippen LogP contribution in [0.15, 0.2) is 40.9 Å². The molecule has 0 radical (unpaired) electrons. The first kappa shape index (κ1) is 21.2. The molecule has 1 amide bonds. The Morgan fingerprint density at radius 2 is 1.73 bits per heavy atom. The van der Waals surface area contributed by atoms with Crippen molar-refractivity contribution in [3.05, 3.63) is 68.7 Å². The maximum absolute atomic E-state index is 12.6. The molecule has 1 fully saturated rings. The van der Waals surface area contributed by atoms with E-state index in [1.165, 1.54) is 19.3 Å². The molecule has 3 aromatic rings. The van der Waals surface area contributed by atoms with Gasteiger partial charge in [-0.25, -0.2) is 0 Å². The van der Waals surface area contributed by atoms with E-state index in [0.717, 1.165) is 24.4 Å². The molecular formula is C21H21Cl3N4O2. The first-order chi connectivity index (χ1) is 14.5. The minimum Gasteiger partial charge on any atom is -0.455 e. The van der Waals surface area contributed by atoms with Gasteiger partial charge in [-0.05, 0) is 50.2 Å². The monoisotopic (exact) mass is 466 g/mol. The number of furan rings is 1. The lowest BCUT2D eigenvalue weighted by molar-refractivity contribution is 0.0991. The number of halogens is 3. The number of benzene rings is 1. The zero-order valence-corrected chi connectivity index (χ0v) is 18.5. The highest BCUT2D eigenvalue weighted by Gasteiger charge is 2.18. The highest BCUT2D eigenvalue weighted by molar-refractivity contribution is 6.36. The molecule has 0 aliphatic carbocycles. The molecule has 4 rings (SSSR count). The van der Waals surface area contributed by atoms with Crippen LogP contribution in [0.3, 0.4) is 0 Å². The van der Waals surface area contributed by atoms with Gasteiger partial charge in [0.05, 0.1) is 13.1 Å². The van der Waals surface area contributed by atoms with Crippen LogP contribution in [-0.4, -0.2) is 33.7 Å². The number of amides is 1. The molecule has 0 saturated carbocycles. The number of hydrogen-bond donors (Lipinski definition) is 1. The summed E-state index contributed by atoms with van der Waals surface area (Å²) in [6.07, 6.45) is 5.29. The Hall–Kier alpha value is -1.99. The number of rotatable bonds is 6. The SMILES string of the molecule is O=C(Nc1nn(Cc2c(Cl)cccc2Cl)cc1Cl)c1ccc(CN2CCCCC2)o1. The van der Waals surface area contributed by atoms with Gasteiger partial charge in [0.15, 0.2) is 11.6 Å². The Bertz CT molecular complexity index is 1020. The molecule has 1 aliphatic heterocycles. The molecule has 0 spiro atoms. The lowest BCUT2D eigenvalue weighted by Gasteiger charge is -2.25. The summed E-state index contributed by atoms with van der Waals surface area (Å²) in [5.41, 5.74) is 0.728. The van der Waals surface area contributed by atoms with Crippen molar-refractivity contribution in [3.63, 3.8) is 0 Å². The average molecular weight is 468 g/mol. The van der Waals surface area contributed by atoms with E-state index in [4.69, 9.17) is 39.2 Å². The summed E-state index contributed by atoms with van der Waals surface area (Å²) in [6.45, 7) is 3.16. The van der Waals surface area contributed by atoms with Crippen molar-refractivity contribution in [3.8, 4) is 0 Å². The molecule has 0 atom stereocenters. The highest BCUT2D eigenvalue weighted by atomic mass is 35.5. The lowest BCUT2D eigenvalue weighted by atomic mass is 10.1. The standard InChI is InChI=1S/C21H21Cl3N4O2/c22-16-5-4-6-17(23)15(16)12-28-13-18(24)20(26-28)25-21(29)19-8-7-14(30-19)11-27-9-2-1-3-10-27/h4-8,13H,1-3,9-12H2,(H,25,26,29). The highest BCUT2D eigenvalue weighted by Crippen LogP contribution is 2.27. The van der Waals surface area contributed by atoms with Crippen LogP contribution < -0.4 is 5.32 Å². The molecule has 1 aliphatic rings. The zero-order chi connectivity index (χ0) is 21.1. The van der Waals surface area contributed by atoms with Gasteiger partial charge in [-0.2, -0.15) is 5.10 Å². The van der Waals surface area contributed by atoms with Gasteiger partial charge in [-0.15, -0.1) is 0 Å². The largest absolute Gasteiger partial charge is 0.455 e. The maximum Gasteiger partial charge on any atom is 0.292 e. The third kappa shape index (κ3) is 5.01. The fourth-order valence-electron chi connectivity index (χ4n) is 3.50. The summed E-state index contributed by atoms with van der Waals surface area (Å²) in [7, 11) is 0. The number of piperidine rings is 1. The van der Waals surface area contributed by atoms with Crippen LogP contribution in [-0.2, 0) is 13.1 Å². The van der Waals surface area contributed by atoms with Crippen LogP contribution >= 0.6 is 34.8 Å². The first-order valence-corrected chi connectivity index (χ1v) is 10.9. The molecule has 3 heterocycles. The molecule has 6 nitrogen and oxygen atoms in total. The van der Waals surface area contributed by atoms with Crippen LogP contribution in [0.4, 0.5) is 5.82 Å². The maximum atomic E-state index is 12.6. The summed E-state index contributed by atoms with van der Waals surface area (Å²) in [5, 5.41) is 8.43. The second kappa shape index (κ2) is 9.43. The number of carbonyl (C=O) groups excluding carboxylic acids is 1. The second-order valence-corrected chi connectivity index (χ2v) is 8.50. The van der Waals surface area contributed by atoms with Crippen molar-refractivity contribution in [2.45, 2.75) is 32.4 Å². The van der Waals surface area contributed by atoms with E-state index in [-0.39, 0.29) is 11.6 Å². The van der Waals surface area contributed by atoms with Crippen LogP contribution in [0.1, 0.15) is 41.1 Å². The van der Waals surface area contributed by atoms with Crippen molar-refractivity contribution in [2.75, 3.05) is 18.4 Å². The summed E-state index contributed by atoms with van der Waals surface area (Å²) in [4.78, 5) is 14.9. The predicted octanol–water partition coefficient (Wildman–Crippen LogP) is 5.72. The van der Waals surface area contributed by atoms with E-state index in [0.29, 0.717) is 28.2 Å². The Labute approximate surface area is 189 Å². The molecule has 158 valence electrons. The Morgan fingerprint density at radius 1 is 1.00 bits per heavy atom. The average Bonchev–Trinajstić information content (AvgIpc) is 3.32. The molecule has 1 saturated heterocycles.